The normalized spacial score (nSPS) is 12.7. The fraction of sp³-hybridized carbons (Fsp3) is 0.263. The highest BCUT2D eigenvalue weighted by Gasteiger charge is 2.14. The van der Waals surface area contributed by atoms with Gasteiger partial charge in [-0.25, -0.2) is 4.39 Å². The second-order valence-electron chi connectivity index (χ2n) is 5.73. The number of para-hydroxylation sites is 1. The molecule has 23 heavy (non-hydrogen) atoms. The van der Waals surface area contributed by atoms with Gasteiger partial charge in [-0.3, -0.25) is 0 Å². The first-order valence-corrected chi connectivity index (χ1v) is 8.66. The van der Waals surface area contributed by atoms with Crippen molar-refractivity contribution in [3.63, 3.8) is 0 Å². The van der Waals surface area contributed by atoms with Gasteiger partial charge in [0.2, 0.25) is 0 Å². The summed E-state index contributed by atoms with van der Waals surface area (Å²) in [5.41, 5.74) is 3.55. The fourth-order valence-corrected chi connectivity index (χ4v) is 3.71. The molecule has 0 spiro atoms. The van der Waals surface area contributed by atoms with Crippen molar-refractivity contribution in [2.45, 2.75) is 31.4 Å². The number of hydrogen-bond acceptors (Lipinski definition) is 2. The Morgan fingerprint density at radius 3 is 2.57 bits per heavy atom. The van der Waals surface area contributed by atoms with Crippen LogP contribution in [0, 0.1) is 19.7 Å². The Kier molecular flexibility index (Phi) is 4.74. The fourth-order valence-electron chi connectivity index (χ4n) is 2.85. The van der Waals surface area contributed by atoms with Crippen LogP contribution in [0.2, 0.25) is 0 Å². The highest BCUT2D eigenvalue weighted by molar-refractivity contribution is 7.99. The molecule has 1 aromatic heterocycles. The van der Waals surface area contributed by atoms with Crippen molar-refractivity contribution in [1.82, 2.24) is 4.57 Å². The zero-order valence-corrected chi connectivity index (χ0v) is 14.1. The number of nitrogens with zero attached hydrogens (tertiary/aromatic N) is 1. The van der Waals surface area contributed by atoms with E-state index in [9.17, 15) is 9.50 Å². The van der Waals surface area contributed by atoms with E-state index in [0.29, 0.717) is 17.2 Å². The first kappa shape index (κ1) is 16.1. The predicted molar refractivity (Wildman–Crippen MR) is 94.5 cm³/mol. The average Bonchev–Trinajstić information content (AvgIpc) is 2.80. The van der Waals surface area contributed by atoms with E-state index in [1.807, 2.05) is 18.2 Å². The van der Waals surface area contributed by atoms with Gasteiger partial charge in [0.05, 0.1) is 6.10 Å². The van der Waals surface area contributed by atoms with Crippen molar-refractivity contribution in [1.29, 1.82) is 0 Å². The third-order valence-electron chi connectivity index (χ3n) is 4.21. The minimum absolute atomic E-state index is 0.233. The smallest absolute Gasteiger partial charge is 0.136 e. The quantitative estimate of drug-likeness (QED) is 0.695. The van der Waals surface area contributed by atoms with E-state index in [2.05, 4.69) is 30.5 Å². The summed E-state index contributed by atoms with van der Waals surface area (Å²) in [5, 5.41) is 11.6. The monoisotopic (exact) mass is 329 g/mol. The largest absolute Gasteiger partial charge is 0.390 e. The Hall–Kier alpha value is -1.78. The molecule has 0 radical (unpaired) electrons. The summed E-state index contributed by atoms with van der Waals surface area (Å²) < 4.78 is 15.8. The number of thioether (sulfide) groups is 1. The number of fused-ring (bicyclic) bond motifs is 1. The van der Waals surface area contributed by atoms with Gasteiger partial charge in [0.1, 0.15) is 5.82 Å². The lowest BCUT2D eigenvalue weighted by atomic mass is 10.2. The summed E-state index contributed by atoms with van der Waals surface area (Å²) in [7, 11) is 0. The second-order valence-corrected chi connectivity index (χ2v) is 6.80. The van der Waals surface area contributed by atoms with Gasteiger partial charge in [0.25, 0.3) is 0 Å². The van der Waals surface area contributed by atoms with E-state index < -0.39 is 6.10 Å². The zero-order valence-electron chi connectivity index (χ0n) is 13.3. The van der Waals surface area contributed by atoms with Gasteiger partial charge in [-0.2, -0.15) is 0 Å². The van der Waals surface area contributed by atoms with Gasteiger partial charge in [0, 0.05) is 33.8 Å². The molecule has 1 heterocycles. The maximum atomic E-state index is 13.6. The van der Waals surface area contributed by atoms with Crippen molar-refractivity contribution in [2.24, 2.45) is 0 Å². The number of rotatable bonds is 5. The molecular formula is C19H20FNOS. The summed E-state index contributed by atoms with van der Waals surface area (Å²) in [5.74, 6) is 0.231. The number of halogens is 1. The van der Waals surface area contributed by atoms with E-state index >= 15 is 0 Å². The highest BCUT2D eigenvalue weighted by Crippen LogP contribution is 2.26. The van der Waals surface area contributed by atoms with Crippen LogP contribution in [0.4, 0.5) is 4.39 Å². The molecule has 3 rings (SSSR count). The molecule has 2 nitrogen and oxygen atoms in total. The van der Waals surface area contributed by atoms with E-state index in [1.54, 1.807) is 12.1 Å². The second kappa shape index (κ2) is 6.77. The minimum atomic E-state index is -0.534. The van der Waals surface area contributed by atoms with Gasteiger partial charge in [0.15, 0.2) is 0 Å². The van der Waals surface area contributed by atoms with E-state index in [0.717, 1.165) is 5.52 Å². The summed E-state index contributed by atoms with van der Waals surface area (Å²) in [6, 6.07) is 14.9. The number of aliphatic hydroxyl groups is 1. The van der Waals surface area contributed by atoms with Crippen LogP contribution >= 0.6 is 11.8 Å². The maximum absolute atomic E-state index is 13.6. The van der Waals surface area contributed by atoms with E-state index in [1.165, 1.54) is 34.5 Å². The lowest BCUT2D eigenvalue weighted by Crippen LogP contribution is -2.19. The SMILES string of the molecule is Cc1c(C)n(CC(O)CSc2ccccc2F)c2ccccc12. The molecule has 0 amide bonds. The highest BCUT2D eigenvalue weighted by atomic mass is 32.2. The molecule has 0 saturated carbocycles. The van der Waals surface area contributed by atoms with Crippen molar-refractivity contribution in [3.8, 4) is 0 Å². The number of aliphatic hydroxyl groups excluding tert-OH is 1. The molecule has 1 unspecified atom stereocenters. The maximum Gasteiger partial charge on any atom is 0.136 e. The molecule has 120 valence electrons. The Bertz CT molecular complexity index is 827. The third-order valence-corrected chi connectivity index (χ3v) is 5.40. The summed E-state index contributed by atoms with van der Waals surface area (Å²) in [4.78, 5) is 0.580. The van der Waals surface area contributed by atoms with E-state index in [4.69, 9.17) is 0 Å². The summed E-state index contributed by atoms with van der Waals surface area (Å²) in [6.07, 6.45) is -0.534. The number of aromatic nitrogens is 1. The molecule has 0 aliphatic rings. The lowest BCUT2D eigenvalue weighted by Gasteiger charge is -2.14. The van der Waals surface area contributed by atoms with Crippen LogP contribution in [0.1, 0.15) is 11.3 Å². The Balaban J connectivity index is 1.75. The first-order chi connectivity index (χ1) is 11.1. The molecule has 3 aromatic rings. The minimum Gasteiger partial charge on any atom is -0.390 e. The van der Waals surface area contributed by atoms with Crippen molar-refractivity contribution >= 4 is 22.7 Å². The lowest BCUT2D eigenvalue weighted by molar-refractivity contribution is 0.179. The average molecular weight is 329 g/mol. The van der Waals surface area contributed by atoms with Crippen molar-refractivity contribution < 1.29 is 9.50 Å². The van der Waals surface area contributed by atoms with Gasteiger partial charge in [-0.15, -0.1) is 11.8 Å². The molecule has 0 saturated heterocycles. The zero-order chi connectivity index (χ0) is 16.4. The standard InChI is InChI=1S/C19H20FNOS/c1-13-14(2)21(18-9-5-3-7-16(13)18)11-15(22)12-23-19-10-6-4-8-17(19)20/h3-10,15,22H,11-12H2,1-2H3. The van der Waals surface area contributed by atoms with Gasteiger partial charge in [-0.05, 0) is 37.6 Å². The third kappa shape index (κ3) is 3.28. The molecular weight excluding hydrogens is 309 g/mol. The van der Waals surface area contributed by atoms with Crippen molar-refractivity contribution in [2.75, 3.05) is 5.75 Å². The van der Waals surface area contributed by atoms with Crippen LogP contribution in [-0.4, -0.2) is 21.5 Å². The van der Waals surface area contributed by atoms with E-state index in [-0.39, 0.29) is 5.82 Å². The number of benzene rings is 2. The van der Waals surface area contributed by atoms with Gasteiger partial charge in [-0.1, -0.05) is 30.3 Å². The van der Waals surface area contributed by atoms with Crippen LogP contribution in [0.25, 0.3) is 10.9 Å². The topological polar surface area (TPSA) is 25.2 Å². The summed E-state index contributed by atoms with van der Waals surface area (Å²) >= 11 is 1.35. The Labute approximate surface area is 139 Å². The summed E-state index contributed by atoms with van der Waals surface area (Å²) in [6.45, 7) is 4.70. The first-order valence-electron chi connectivity index (χ1n) is 7.67. The van der Waals surface area contributed by atoms with Crippen LogP contribution in [0.5, 0.6) is 0 Å². The molecule has 2 aromatic carbocycles. The number of hydrogen-bond donors (Lipinski definition) is 1. The molecule has 0 bridgehead atoms. The van der Waals surface area contributed by atoms with Crippen LogP contribution in [-0.2, 0) is 6.54 Å². The Morgan fingerprint density at radius 1 is 1.09 bits per heavy atom. The molecule has 0 fully saturated rings. The van der Waals surface area contributed by atoms with Crippen LogP contribution < -0.4 is 0 Å². The van der Waals surface area contributed by atoms with Gasteiger partial charge >= 0.3 is 0 Å². The number of aryl methyl sites for hydroxylation is 1. The van der Waals surface area contributed by atoms with Crippen molar-refractivity contribution in [3.05, 3.63) is 65.6 Å². The Morgan fingerprint density at radius 2 is 1.78 bits per heavy atom. The van der Waals surface area contributed by atoms with Crippen LogP contribution in [0.3, 0.4) is 0 Å². The van der Waals surface area contributed by atoms with Crippen LogP contribution in [0.15, 0.2) is 53.4 Å². The molecule has 1 atom stereocenters. The van der Waals surface area contributed by atoms with Gasteiger partial charge < -0.3 is 9.67 Å². The molecule has 4 heteroatoms. The molecule has 1 N–H and O–H groups in total. The molecule has 0 aliphatic heterocycles. The predicted octanol–water partition coefficient (Wildman–Crippen LogP) is 4.55. The molecule has 0 aliphatic carbocycles.